The fourth-order valence-corrected chi connectivity index (χ4v) is 1.71. The summed E-state index contributed by atoms with van der Waals surface area (Å²) in [5.74, 6) is -1.38. The van der Waals surface area contributed by atoms with Gasteiger partial charge in [-0.25, -0.2) is 0 Å². The summed E-state index contributed by atoms with van der Waals surface area (Å²) >= 11 is 0. The summed E-state index contributed by atoms with van der Waals surface area (Å²) in [7, 11) is 1.20. The van der Waals surface area contributed by atoms with E-state index in [2.05, 4.69) is 4.74 Å². The van der Waals surface area contributed by atoms with E-state index in [-0.39, 0.29) is 19.6 Å². The lowest BCUT2D eigenvalue weighted by Crippen LogP contribution is -2.42. The lowest BCUT2D eigenvalue weighted by Gasteiger charge is -2.20. The largest absolute Gasteiger partial charge is 0.468 e. The molecule has 0 fully saturated rings. The third-order valence-corrected chi connectivity index (χ3v) is 2.68. The molecule has 0 aliphatic rings. The van der Waals surface area contributed by atoms with Gasteiger partial charge in [-0.1, -0.05) is 30.3 Å². The maximum atomic E-state index is 12.1. The molecule has 1 amide bonds. The first-order valence-electron chi connectivity index (χ1n) is 6.46. The molecule has 0 atom stereocenters. The summed E-state index contributed by atoms with van der Waals surface area (Å²) in [6, 6.07) is 8.96. The Morgan fingerprint density at radius 3 is 2.36 bits per heavy atom. The van der Waals surface area contributed by atoms with Gasteiger partial charge in [0.15, 0.2) is 0 Å². The van der Waals surface area contributed by atoms with E-state index in [0.29, 0.717) is 0 Å². The van der Waals surface area contributed by atoms with Gasteiger partial charge in [0.05, 0.1) is 20.2 Å². The van der Waals surface area contributed by atoms with Crippen LogP contribution in [-0.2, 0) is 20.9 Å². The number of hydrogen-bond acceptors (Lipinski definition) is 4. The minimum Gasteiger partial charge on any atom is -0.468 e. The number of amides is 1. The summed E-state index contributed by atoms with van der Waals surface area (Å²) in [5, 5.41) is 1.77. The molecule has 1 aromatic rings. The Balaban J connectivity index is 2.61. The number of halogens is 3. The van der Waals surface area contributed by atoms with Crippen LogP contribution in [0.1, 0.15) is 5.56 Å². The second-order valence-corrected chi connectivity index (χ2v) is 4.60. The highest BCUT2D eigenvalue weighted by Gasteiger charge is 2.28. The van der Waals surface area contributed by atoms with Crippen molar-refractivity contribution in [2.75, 3.05) is 26.7 Å². The van der Waals surface area contributed by atoms with Crippen LogP contribution in [0.4, 0.5) is 13.2 Å². The van der Waals surface area contributed by atoms with Crippen LogP contribution in [0.15, 0.2) is 30.3 Å². The van der Waals surface area contributed by atoms with Crippen molar-refractivity contribution in [3.63, 3.8) is 0 Å². The molecule has 0 bridgehead atoms. The molecule has 22 heavy (non-hydrogen) atoms. The second kappa shape index (κ2) is 8.38. The normalized spacial score (nSPS) is 11.3. The molecule has 0 aliphatic carbocycles. The molecule has 122 valence electrons. The van der Waals surface area contributed by atoms with Gasteiger partial charge in [-0.3, -0.25) is 14.5 Å². The molecular weight excluding hydrogens is 301 g/mol. The van der Waals surface area contributed by atoms with Crippen LogP contribution in [0.5, 0.6) is 0 Å². The van der Waals surface area contributed by atoms with E-state index in [9.17, 15) is 22.8 Å². The Labute approximate surface area is 126 Å². The molecule has 5 nitrogen and oxygen atoms in total. The molecule has 0 saturated heterocycles. The molecule has 1 rings (SSSR count). The van der Waals surface area contributed by atoms with Gasteiger partial charge >= 0.3 is 12.1 Å². The third-order valence-electron chi connectivity index (χ3n) is 2.68. The Morgan fingerprint density at radius 1 is 1.18 bits per heavy atom. The number of benzene rings is 1. The highest BCUT2D eigenvalue weighted by molar-refractivity contribution is 5.79. The predicted octanol–water partition coefficient (Wildman–Crippen LogP) is 1.34. The molecule has 1 N–H and O–H groups in total. The van der Waals surface area contributed by atoms with Gasteiger partial charge in [0.1, 0.15) is 6.54 Å². The first-order chi connectivity index (χ1) is 10.3. The quantitative estimate of drug-likeness (QED) is 0.771. The van der Waals surface area contributed by atoms with Crippen molar-refractivity contribution in [1.29, 1.82) is 0 Å². The fourth-order valence-electron chi connectivity index (χ4n) is 1.71. The fraction of sp³-hybridized carbons (Fsp3) is 0.429. The number of ether oxygens (including phenoxy) is 1. The van der Waals surface area contributed by atoms with E-state index >= 15 is 0 Å². The monoisotopic (exact) mass is 318 g/mol. The SMILES string of the molecule is COC(=O)CN(CC(=O)NCC(F)(F)F)Cc1ccccc1. The Morgan fingerprint density at radius 2 is 1.82 bits per heavy atom. The zero-order valence-corrected chi connectivity index (χ0v) is 12.0. The second-order valence-electron chi connectivity index (χ2n) is 4.60. The summed E-state index contributed by atoms with van der Waals surface area (Å²) in [6.07, 6.45) is -4.47. The molecule has 0 heterocycles. The molecule has 0 aromatic heterocycles. The van der Waals surface area contributed by atoms with Gasteiger partial charge in [-0.15, -0.1) is 0 Å². The first kappa shape index (κ1) is 18.0. The number of nitrogens with one attached hydrogen (secondary N) is 1. The minimum atomic E-state index is -4.47. The molecule has 0 aliphatic heterocycles. The van der Waals surface area contributed by atoms with Crippen LogP contribution in [0.2, 0.25) is 0 Å². The van der Waals surface area contributed by atoms with Crippen molar-refractivity contribution in [2.24, 2.45) is 0 Å². The Hall–Kier alpha value is -2.09. The zero-order valence-electron chi connectivity index (χ0n) is 12.0. The third kappa shape index (κ3) is 7.63. The highest BCUT2D eigenvalue weighted by Crippen LogP contribution is 2.12. The van der Waals surface area contributed by atoms with Crippen molar-refractivity contribution in [1.82, 2.24) is 10.2 Å². The molecule has 1 aromatic carbocycles. The average Bonchev–Trinajstić information content (AvgIpc) is 2.45. The highest BCUT2D eigenvalue weighted by atomic mass is 19.4. The van der Waals surface area contributed by atoms with E-state index in [1.807, 2.05) is 6.07 Å². The van der Waals surface area contributed by atoms with Gasteiger partial charge in [-0.05, 0) is 5.56 Å². The van der Waals surface area contributed by atoms with E-state index in [0.717, 1.165) is 5.56 Å². The maximum Gasteiger partial charge on any atom is 0.405 e. The van der Waals surface area contributed by atoms with Crippen molar-refractivity contribution < 1.29 is 27.5 Å². The Bertz CT molecular complexity index is 492. The molecule has 8 heteroatoms. The summed E-state index contributed by atoms with van der Waals surface area (Å²) in [6.45, 7) is -1.68. The van der Waals surface area contributed by atoms with Gasteiger partial charge in [0.2, 0.25) is 5.91 Å². The number of carbonyl (C=O) groups is 2. The van der Waals surface area contributed by atoms with Crippen LogP contribution < -0.4 is 5.32 Å². The number of rotatable bonds is 7. The summed E-state index contributed by atoms with van der Waals surface area (Å²) < 4.78 is 40.7. The van der Waals surface area contributed by atoms with Crippen molar-refractivity contribution in [3.8, 4) is 0 Å². The number of methoxy groups -OCH3 is 1. The van der Waals surface area contributed by atoms with Gasteiger partial charge in [0, 0.05) is 6.54 Å². The standard InChI is InChI=1S/C14H17F3N2O3/c1-22-13(21)9-19(7-11-5-3-2-4-6-11)8-12(20)18-10-14(15,16)17/h2-6H,7-10H2,1H3,(H,18,20). The summed E-state index contributed by atoms with van der Waals surface area (Å²) in [5.41, 5.74) is 0.829. The molecule has 0 unspecified atom stereocenters. The maximum absolute atomic E-state index is 12.1. The van der Waals surface area contributed by atoms with Crippen molar-refractivity contribution >= 4 is 11.9 Å². The minimum absolute atomic E-state index is 0.190. The average molecular weight is 318 g/mol. The Kier molecular flexibility index (Phi) is 6.84. The number of alkyl halides is 3. The van der Waals surface area contributed by atoms with Crippen LogP contribution in [0.25, 0.3) is 0 Å². The lowest BCUT2D eigenvalue weighted by atomic mass is 10.2. The molecule has 0 spiro atoms. The van der Waals surface area contributed by atoms with E-state index in [4.69, 9.17) is 0 Å². The van der Waals surface area contributed by atoms with Crippen LogP contribution >= 0.6 is 0 Å². The number of nitrogens with zero attached hydrogens (tertiary/aromatic N) is 1. The smallest absolute Gasteiger partial charge is 0.405 e. The topological polar surface area (TPSA) is 58.6 Å². The van der Waals surface area contributed by atoms with Gasteiger partial charge < -0.3 is 10.1 Å². The van der Waals surface area contributed by atoms with Gasteiger partial charge in [-0.2, -0.15) is 13.2 Å². The molecular formula is C14H17F3N2O3. The van der Waals surface area contributed by atoms with E-state index in [1.54, 1.807) is 29.6 Å². The number of esters is 1. The van der Waals surface area contributed by atoms with E-state index in [1.165, 1.54) is 12.0 Å². The zero-order chi connectivity index (χ0) is 16.6. The van der Waals surface area contributed by atoms with Crippen LogP contribution in [0.3, 0.4) is 0 Å². The van der Waals surface area contributed by atoms with Crippen molar-refractivity contribution in [3.05, 3.63) is 35.9 Å². The molecule has 0 radical (unpaired) electrons. The first-order valence-corrected chi connectivity index (χ1v) is 6.46. The molecule has 0 saturated carbocycles. The van der Waals surface area contributed by atoms with E-state index < -0.39 is 24.6 Å². The van der Waals surface area contributed by atoms with Gasteiger partial charge in [0.25, 0.3) is 0 Å². The number of carbonyl (C=O) groups excluding carboxylic acids is 2. The van der Waals surface area contributed by atoms with Crippen LogP contribution in [-0.4, -0.2) is 49.7 Å². The lowest BCUT2D eigenvalue weighted by molar-refractivity contribution is -0.144. The summed E-state index contributed by atoms with van der Waals surface area (Å²) in [4.78, 5) is 24.3. The van der Waals surface area contributed by atoms with Crippen LogP contribution in [0, 0.1) is 0 Å². The predicted molar refractivity (Wildman–Crippen MR) is 72.8 cm³/mol. The number of hydrogen-bond donors (Lipinski definition) is 1. The van der Waals surface area contributed by atoms with Crippen molar-refractivity contribution in [2.45, 2.75) is 12.7 Å².